The number of Topliss-reactive ketones (excluding diaryl/α,β-unsaturated/α-hetero) is 1. The average molecular weight is 329 g/mol. The van der Waals surface area contributed by atoms with Crippen LogP contribution in [0.2, 0.25) is 0 Å². The van der Waals surface area contributed by atoms with E-state index >= 15 is 0 Å². The van der Waals surface area contributed by atoms with Gasteiger partial charge in [-0.15, -0.1) is 0 Å². The van der Waals surface area contributed by atoms with E-state index in [1.54, 1.807) is 32.9 Å². The molecule has 0 saturated heterocycles. The molecule has 0 spiro atoms. The molecule has 0 aliphatic carbocycles. The Bertz CT molecular complexity index is 601. The van der Waals surface area contributed by atoms with Crippen LogP contribution in [0.1, 0.15) is 36.7 Å². The Morgan fingerprint density at radius 3 is 2.43 bits per heavy atom. The zero-order valence-corrected chi connectivity index (χ0v) is 13.0. The summed E-state index contributed by atoms with van der Waals surface area (Å²) < 4.78 is 42.1. The molecule has 1 rings (SSSR count). The normalized spacial score (nSPS) is 12.3. The number of nitrogens with one attached hydrogen (secondary N) is 1. The molecule has 1 amide bonds. The number of halogens is 3. The van der Waals surface area contributed by atoms with Gasteiger partial charge in [-0.25, -0.2) is 4.79 Å². The second-order valence-electron chi connectivity index (χ2n) is 5.74. The Balaban J connectivity index is 2.61. The highest BCUT2D eigenvalue weighted by Gasteiger charge is 2.39. The standard InChI is InChI=1S/C16H18F3NO3/c1-15(2,3)23-14(22)20-9-5-7-11-6-4-8-12(10-11)13(21)16(17,18)19/h4-8,10H,9H2,1-3H3,(H,20,22). The number of hydrogen-bond acceptors (Lipinski definition) is 3. The topological polar surface area (TPSA) is 55.4 Å². The highest BCUT2D eigenvalue weighted by atomic mass is 19.4. The first-order chi connectivity index (χ1) is 10.5. The Morgan fingerprint density at radius 1 is 1.22 bits per heavy atom. The average Bonchev–Trinajstić information content (AvgIpc) is 2.40. The molecule has 0 fully saturated rings. The minimum Gasteiger partial charge on any atom is -0.444 e. The van der Waals surface area contributed by atoms with Crippen molar-refractivity contribution in [2.75, 3.05) is 6.54 Å². The summed E-state index contributed by atoms with van der Waals surface area (Å²) in [6.07, 6.45) is -2.45. The zero-order valence-electron chi connectivity index (χ0n) is 13.0. The fourth-order valence-electron chi connectivity index (χ4n) is 1.60. The molecule has 1 N–H and O–H groups in total. The van der Waals surface area contributed by atoms with Crippen LogP contribution in [-0.2, 0) is 4.74 Å². The van der Waals surface area contributed by atoms with Gasteiger partial charge < -0.3 is 10.1 Å². The summed E-state index contributed by atoms with van der Waals surface area (Å²) in [6.45, 7) is 5.33. The molecule has 7 heteroatoms. The Kier molecular flexibility index (Phi) is 5.95. The van der Waals surface area contributed by atoms with Crippen LogP contribution in [0.15, 0.2) is 30.3 Å². The molecule has 0 saturated carbocycles. The summed E-state index contributed by atoms with van der Waals surface area (Å²) in [4.78, 5) is 22.5. The molecule has 0 heterocycles. The van der Waals surface area contributed by atoms with E-state index in [0.29, 0.717) is 5.56 Å². The predicted octanol–water partition coefficient (Wildman–Crippen LogP) is 3.97. The number of ketones is 1. The lowest BCUT2D eigenvalue weighted by atomic mass is 10.1. The van der Waals surface area contributed by atoms with E-state index in [-0.39, 0.29) is 6.54 Å². The van der Waals surface area contributed by atoms with E-state index in [0.717, 1.165) is 12.1 Å². The lowest BCUT2D eigenvalue weighted by Crippen LogP contribution is -2.32. The van der Waals surface area contributed by atoms with E-state index in [9.17, 15) is 22.8 Å². The maximum absolute atomic E-state index is 12.4. The molecule has 0 unspecified atom stereocenters. The van der Waals surface area contributed by atoms with Gasteiger partial charge in [0.25, 0.3) is 5.78 Å². The molecule has 0 aliphatic heterocycles. The van der Waals surface area contributed by atoms with Crippen molar-refractivity contribution in [2.24, 2.45) is 0 Å². The van der Waals surface area contributed by atoms with Crippen LogP contribution in [0.3, 0.4) is 0 Å². The van der Waals surface area contributed by atoms with Crippen molar-refractivity contribution in [3.05, 3.63) is 41.5 Å². The second-order valence-corrected chi connectivity index (χ2v) is 5.74. The van der Waals surface area contributed by atoms with Crippen LogP contribution in [0, 0.1) is 0 Å². The van der Waals surface area contributed by atoms with Crippen molar-refractivity contribution in [3.8, 4) is 0 Å². The molecule has 0 aromatic heterocycles. The Morgan fingerprint density at radius 2 is 1.87 bits per heavy atom. The first kappa shape index (κ1) is 18.7. The van der Waals surface area contributed by atoms with E-state index < -0.39 is 29.2 Å². The molecule has 1 aromatic carbocycles. The summed E-state index contributed by atoms with van der Waals surface area (Å²) in [5, 5.41) is 2.48. The Hall–Kier alpha value is -2.31. The van der Waals surface area contributed by atoms with Crippen LogP contribution in [0.25, 0.3) is 6.08 Å². The Labute approximate surface area is 132 Å². The molecule has 0 atom stereocenters. The minimum absolute atomic E-state index is 0.145. The summed E-state index contributed by atoms with van der Waals surface area (Å²) >= 11 is 0. The SMILES string of the molecule is CC(C)(C)OC(=O)NCC=Cc1cccc(C(=O)C(F)(F)F)c1. The molecule has 0 aliphatic rings. The monoisotopic (exact) mass is 329 g/mol. The first-order valence-electron chi connectivity index (χ1n) is 6.84. The fourth-order valence-corrected chi connectivity index (χ4v) is 1.60. The molecule has 1 aromatic rings. The van der Waals surface area contributed by atoms with Gasteiger partial charge in [0.05, 0.1) is 0 Å². The molecule has 126 valence electrons. The number of benzene rings is 1. The molecule has 0 radical (unpaired) electrons. The zero-order chi connectivity index (χ0) is 17.7. The van der Waals surface area contributed by atoms with Gasteiger partial charge in [-0.05, 0) is 32.4 Å². The number of alkyl halides is 3. The van der Waals surface area contributed by atoms with Crippen LogP contribution >= 0.6 is 0 Å². The summed E-state index contributed by atoms with van der Waals surface area (Å²) in [7, 11) is 0. The van der Waals surface area contributed by atoms with E-state index in [4.69, 9.17) is 4.74 Å². The van der Waals surface area contributed by atoms with Gasteiger partial charge in [-0.1, -0.05) is 30.4 Å². The fraction of sp³-hybridized carbons (Fsp3) is 0.375. The van der Waals surface area contributed by atoms with Gasteiger partial charge in [0.15, 0.2) is 0 Å². The van der Waals surface area contributed by atoms with Crippen molar-refractivity contribution in [3.63, 3.8) is 0 Å². The highest BCUT2D eigenvalue weighted by Crippen LogP contribution is 2.22. The number of amides is 1. The smallest absolute Gasteiger partial charge is 0.444 e. The lowest BCUT2D eigenvalue weighted by Gasteiger charge is -2.19. The number of carbonyl (C=O) groups excluding carboxylic acids is 2. The largest absolute Gasteiger partial charge is 0.454 e. The molecule has 0 bridgehead atoms. The van der Waals surface area contributed by atoms with Crippen LogP contribution < -0.4 is 5.32 Å². The van der Waals surface area contributed by atoms with Gasteiger partial charge in [0, 0.05) is 12.1 Å². The third-order valence-corrected chi connectivity index (χ3v) is 2.48. The summed E-state index contributed by atoms with van der Waals surface area (Å²) in [5.41, 5.74) is -0.620. The summed E-state index contributed by atoms with van der Waals surface area (Å²) in [5.74, 6) is -1.89. The van der Waals surface area contributed by atoms with Gasteiger partial charge in [0.2, 0.25) is 0 Å². The van der Waals surface area contributed by atoms with Gasteiger partial charge >= 0.3 is 12.3 Å². The third kappa shape index (κ3) is 6.99. The van der Waals surface area contributed by atoms with Crippen molar-refractivity contribution in [1.29, 1.82) is 0 Å². The van der Waals surface area contributed by atoms with Crippen LogP contribution in [-0.4, -0.2) is 30.2 Å². The van der Waals surface area contributed by atoms with E-state index in [1.807, 2.05) is 0 Å². The number of ether oxygens (including phenoxy) is 1. The molecular weight excluding hydrogens is 311 g/mol. The predicted molar refractivity (Wildman–Crippen MR) is 80.1 cm³/mol. The molecule has 23 heavy (non-hydrogen) atoms. The lowest BCUT2D eigenvalue weighted by molar-refractivity contribution is -0.0885. The van der Waals surface area contributed by atoms with Crippen molar-refractivity contribution in [1.82, 2.24) is 5.32 Å². The highest BCUT2D eigenvalue weighted by molar-refractivity contribution is 6.00. The van der Waals surface area contributed by atoms with Crippen molar-refractivity contribution in [2.45, 2.75) is 32.5 Å². The number of rotatable bonds is 4. The summed E-state index contributed by atoms with van der Waals surface area (Å²) in [6, 6.07) is 5.16. The first-order valence-corrected chi connectivity index (χ1v) is 6.84. The second kappa shape index (κ2) is 7.30. The van der Waals surface area contributed by atoms with Gasteiger partial charge in [0.1, 0.15) is 5.60 Å². The number of alkyl carbamates (subject to hydrolysis) is 1. The number of hydrogen-bond donors (Lipinski definition) is 1. The maximum atomic E-state index is 12.4. The van der Waals surface area contributed by atoms with Gasteiger partial charge in [-0.3, -0.25) is 4.79 Å². The molecule has 4 nitrogen and oxygen atoms in total. The minimum atomic E-state index is -4.90. The maximum Gasteiger partial charge on any atom is 0.454 e. The third-order valence-electron chi connectivity index (χ3n) is 2.48. The molecular formula is C16H18F3NO3. The quantitative estimate of drug-likeness (QED) is 0.851. The van der Waals surface area contributed by atoms with E-state index in [2.05, 4.69) is 5.32 Å². The van der Waals surface area contributed by atoms with Gasteiger partial charge in [-0.2, -0.15) is 13.2 Å². The number of carbonyl (C=O) groups is 2. The van der Waals surface area contributed by atoms with Crippen molar-refractivity contribution >= 4 is 18.0 Å². The van der Waals surface area contributed by atoms with Crippen molar-refractivity contribution < 1.29 is 27.5 Å². The van der Waals surface area contributed by atoms with Crippen LogP contribution in [0.5, 0.6) is 0 Å². The van der Waals surface area contributed by atoms with Crippen LogP contribution in [0.4, 0.5) is 18.0 Å². The van der Waals surface area contributed by atoms with E-state index in [1.165, 1.54) is 12.1 Å².